The highest BCUT2D eigenvalue weighted by Gasteiger charge is 2.32. The Morgan fingerprint density at radius 2 is 1.81 bits per heavy atom. The third kappa shape index (κ3) is 6.48. The van der Waals surface area contributed by atoms with Crippen LogP contribution in [0.2, 0.25) is 0 Å². The standard InChI is InChI=1S/C27H28IN2O6P/c1-17-6-3-4-7-21(17)26(31)29-20-10-11-22(18(2)14-20)27(32)30-13-5-8-25(36-37(33,34)35)23-15-19(16-28)9-12-24(23)30/h3-4,6-7,9-12,14-15,25H,5,8,13,16H2,1-2H3,(H,29,31)(H2,33,34,35). The first-order chi connectivity index (χ1) is 17.6. The van der Waals surface area contributed by atoms with E-state index < -0.39 is 13.9 Å². The summed E-state index contributed by atoms with van der Waals surface area (Å²) >= 11 is 2.22. The number of hydrogen-bond acceptors (Lipinski definition) is 4. The zero-order valence-electron chi connectivity index (χ0n) is 20.5. The van der Waals surface area contributed by atoms with E-state index in [0.717, 1.165) is 11.1 Å². The van der Waals surface area contributed by atoms with Crippen molar-refractivity contribution in [2.24, 2.45) is 0 Å². The molecule has 37 heavy (non-hydrogen) atoms. The number of benzene rings is 3. The second kappa shape index (κ2) is 11.4. The Hall–Kier alpha value is -2.56. The molecule has 3 aromatic rings. The molecule has 1 atom stereocenters. The van der Waals surface area contributed by atoms with Gasteiger partial charge in [0, 0.05) is 39.0 Å². The van der Waals surface area contributed by atoms with Crippen molar-refractivity contribution in [3.63, 3.8) is 0 Å². The molecule has 0 aromatic heterocycles. The summed E-state index contributed by atoms with van der Waals surface area (Å²) in [5.74, 6) is -0.449. The van der Waals surface area contributed by atoms with Crippen LogP contribution in [0.25, 0.3) is 0 Å². The number of hydrogen-bond donors (Lipinski definition) is 3. The number of nitrogens with one attached hydrogen (secondary N) is 1. The summed E-state index contributed by atoms with van der Waals surface area (Å²) in [6.45, 7) is 4.06. The molecule has 0 saturated carbocycles. The average molecular weight is 634 g/mol. The van der Waals surface area contributed by atoms with Gasteiger partial charge in [0.15, 0.2) is 0 Å². The maximum absolute atomic E-state index is 13.7. The number of fused-ring (bicyclic) bond motifs is 1. The Kier molecular flexibility index (Phi) is 8.50. The van der Waals surface area contributed by atoms with E-state index >= 15 is 0 Å². The van der Waals surface area contributed by atoms with Crippen LogP contribution < -0.4 is 10.2 Å². The maximum Gasteiger partial charge on any atom is 0.470 e. The second-order valence-electron chi connectivity index (χ2n) is 9.01. The van der Waals surface area contributed by atoms with Crippen LogP contribution in [-0.2, 0) is 13.5 Å². The lowest BCUT2D eigenvalue weighted by atomic mass is 10.0. The molecule has 0 spiro atoms. The molecule has 194 valence electrons. The molecule has 10 heteroatoms. The van der Waals surface area contributed by atoms with Crippen LogP contribution in [0.15, 0.2) is 60.7 Å². The monoisotopic (exact) mass is 634 g/mol. The van der Waals surface area contributed by atoms with Crippen LogP contribution in [0.5, 0.6) is 0 Å². The second-order valence-corrected chi connectivity index (χ2v) is 11.0. The number of phosphoric ester groups is 1. The number of nitrogens with zero attached hydrogens (tertiary/aromatic N) is 1. The van der Waals surface area contributed by atoms with Crippen LogP contribution in [0.1, 0.15) is 61.9 Å². The predicted molar refractivity (Wildman–Crippen MR) is 151 cm³/mol. The maximum atomic E-state index is 13.7. The first-order valence-electron chi connectivity index (χ1n) is 11.8. The van der Waals surface area contributed by atoms with Gasteiger partial charge in [-0.2, -0.15) is 0 Å². The predicted octanol–water partition coefficient (Wildman–Crippen LogP) is 6.08. The lowest BCUT2D eigenvalue weighted by Gasteiger charge is -2.25. The summed E-state index contributed by atoms with van der Waals surface area (Å²) in [6.07, 6.45) is 0.0561. The molecule has 1 heterocycles. The van der Waals surface area contributed by atoms with Gasteiger partial charge in [-0.15, -0.1) is 0 Å². The van der Waals surface area contributed by atoms with Crippen molar-refractivity contribution in [1.82, 2.24) is 0 Å². The summed E-state index contributed by atoms with van der Waals surface area (Å²) in [7, 11) is -4.72. The fourth-order valence-corrected chi connectivity index (χ4v) is 5.57. The van der Waals surface area contributed by atoms with Gasteiger partial charge in [0.25, 0.3) is 11.8 Å². The van der Waals surface area contributed by atoms with Gasteiger partial charge in [-0.25, -0.2) is 4.57 Å². The van der Waals surface area contributed by atoms with Crippen LogP contribution in [0.3, 0.4) is 0 Å². The molecule has 1 unspecified atom stereocenters. The van der Waals surface area contributed by atoms with Gasteiger partial charge >= 0.3 is 7.82 Å². The minimum atomic E-state index is -4.72. The highest BCUT2D eigenvalue weighted by Crippen LogP contribution is 2.47. The van der Waals surface area contributed by atoms with Gasteiger partial charge in [0.2, 0.25) is 0 Å². The third-order valence-electron chi connectivity index (χ3n) is 6.35. The van der Waals surface area contributed by atoms with E-state index in [1.54, 1.807) is 29.2 Å². The Morgan fingerprint density at radius 3 is 2.49 bits per heavy atom. The minimum absolute atomic E-state index is 0.222. The van der Waals surface area contributed by atoms with Crippen molar-refractivity contribution in [1.29, 1.82) is 0 Å². The molecular formula is C27H28IN2O6P. The average Bonchev–Trinajstić information content (AvgIpc) is 3.02. The number of halogens is 1. The molecule has 2 amide bonds. The fraction of sp³-hybridized carbons (Fsp3) is 0.259. The molecule has 0 aliphatic carbocycles. The van der Waals surface area contributed by atoms with E-state index in [-0.39, 0.29) is 11.8 Å². The molecule has 0 saturated heterocycles. The van der Waals surface area contributed by atoms with E-state index in [1.165, 1.54) is 0 Å². The van der Waals surface area contributed by atoms with Crippen LogP contribution in [0.4, 0.5) is 11.4 Å². The lowest BCUT2D eigenvalue weighted by molar-refractivity contribution is 0.0984. The SMILES string of the molecule is Cc1ccccc1C(=O)Nc1ccc(C(=O)N2CCCC(OP(=O)(O)O)c3cc(CI)ccc32)c(C)c1. The summed E-state index contributed by atoms with van der Waals surface area (Å²) in [5, 5.41) is 2.90. The minimum Gasteiger partial charge on any atom is -0.322 e. The van der Waals surface area contributed by atoms with Crippen molar-refractivity contribution in [2.45, 2.75) is 37.2 Å². The van der Waals surface area contributed by atoms with Crippen molar-refractivity contribution in [3.8, 4) is 0 Å². The van der Waals surface area contributed by atoms with Gasteiger partial charge < -0.3 is 20.0 Å². The fourth-order valence-electron chi connectivity index (χ4n) is 4.54. The molecule has 3 aromatic carbocycles. The van der Waals surface area contributed by atoms with Crippen LogP contribution in [0, 0.1) is 13.8 Å². The van der Waals surface area contributed by atoms with Crippen molar-refractivity contribution in [2.75, 3.05) is 16.8 Å². The smallest absolute Gasteiger partial charge is 0.322 e. The number of phosphoric acid groups is 1. The van der Waals surface area contributed by atoms with Crippen molar-refractivity contribution >= 4 is 53.6 Å². The Labute approximate surface area is 229 Å². The number of alkyl halides is 1. The number of amides is 2. The normalized spacial score (nSPS) is 15.6. The topological polar surface area (TPSA) is 116 Å². The van der Waals surface area contributed by atoms with Gasteiger partial charge in [-0.3, -0.25) is 14.1 Å². The van der Waals surface area contributed by atoms with E-state index in [0.29, 0.717) is 57.4 Å². The van der Waals surface area contributed by atoms with Gasteiger partial charge in [0.1, 0.15) is 0 Å². The van der Waals surface area contributed by atoms with Crippen LogP contribution in [-0.4, -0.2) is 28.1 Å². The first kappa shape index (κ1) is 27.5. The highest BCUT2D eigenvalue weighted by molar-refractivity contribution is 14.1. The van der Waals surface area contributed by atoms with Crippen LogP contribution >= 0.6 is 30.4 Å². The van der Waals surface area contributed by atoms with E-state index in [1.807, 2.05) is 50.2 Å². The van der Waals surface area contributed by atoms with Gasteiger partial charge in [-0.1, -0.05) is 52.9 Å². The van der Waals surface area contributed by atoms with Crippen molar-refractivity contribution < 1.29 is 28.5 Å². The largest absolute Gasteiger partial charge is 0.470 e. The first-order valence-corrected chi connectivity index (χ1v) is 14.8. The molecule has 0 fully saturated rings. The lowest BCUT2D eigenvalue weighted by Crippen LogP contribution is -2.32. The Morgan fingerprint density at radius 1 is 1.05 bits per heavy atom. The Balaban J connectivity index is 1.62. The Bertz CT molecular complexity index is 1390. The van der Waals surface area contributed by atoms with Crippen molar-refractivity contribution in [3.05, 3.63) is 94.0 Å². The molecular weight excluding hydrogens is 606 g/mol. The van der Waals surface area contributed by atoms with Gasteiger partial charge in [-0.05, 0) is 73.7 Å². The molecule has 8 nitrogen and oxygen atoms in total. The van der Waals surface area contributed by atoms with Gasteiger partial charge in [0.05, 0.1) is 6.10 Å². The highest BCUT2D eigenvalue weighted by atomic mass is 127. The molecule has 4 rings (SSSR count). The number of carbonyl (C=O) groups excluding carboxylic acids is 2. The zero-order valence-corrected chi connectivity index (χ0v) is 23.5. The number of rotatable bonds is 6. The molecule has 1 aliphatic heterocycles. The zero-order chi connectivity index (χ0) is 26.7. The molecule has 0 bridgehead atoms. The quantitative estimate of drug-likeness (QED) is 0.172. The number of carbonyl (C=O) groups is 2. The number of anilines is 2. The van der Waals surface area contributed by atoms with E-state index in [4.69, 9.17) is 4.52 Å². The molecule has 3 N–H and O–H groups in total. The summed E-state index contributed by atoms with van der Waals surface area (Å²) < 4.78 is 17.5. The summed E-state index contributed by atoms with van der Waals surface area (Å²) in [4.78, 5) is 47.0. The third-order valence-corrected chi connectivity index (χ3v) is 7.76. The van der Waals surface area contributed by atoms with E-state index in [2.05, 4.69) is 27.9 Å². The molecule has 0 radical (unpaired) electrons. The van der Waals surface area contributed by atoms with E-state index in [9.17, 15) is 23.9 Å². The summed E-state index contributed by atoms with van der Waals surface area (Å²) in [5.41, 5.74) is 5.35. The summed E-state index contributed by atoms with van der Waals surface area (Å²) in [6, 6.07) is 18.1. The molecule has 1 aliphatic rings. The number of aryl methyl sites for hydroxylation is 2.